The molecule has 19 atom stereocenters. The van der Waals surface area contributed by atoms with Crippen molar-refractivity contribution in [3.8, 4) is 0 Å². The molecule has 4 rings (SSSR count). The Labute approximate surface area is 583 Å². The number of aliphatic hydroxyl groups is 9. The fourth-order valence-electron chi connectivity index (χ4n) is 11.4. The number of hydrogen-bond donors (Lipinski definition) is 16. The Bertz CT molecular complexity index is 2740. The van der Waals surface area contributed by atoms with E-state index in [-0.39, 0.29) is 135 Å². The first-order chi connectivity index (χ1) is 47.5. The van der Waals surface area contributed by atoms with Crippen LogP contribution in [0.3, 0.4) is 0 Å². The minimum absolute atomic E-state index is 0.0150. The maximum atomic E-state index is 14.5. The number of phosphoric ester groups is 1. The molecule has 0 bridgehead atoms. The molecule has 6 amide bonds. The summed E-state index contributed by atoms with van der Waals surface area (Å²) in [6.45, 7) is 7.01. The van der Waals surface area contributed by atoms with E-state index in [9.17, 15) is 93.8 Å². The summed E-state index contributed by atoms with van der Waals surface area (Å²) < 4.78 is 55.5. The van der Waals surface area contributed by atoms with E-state index >= 15 is 0 Å². The lowest BCUT2D eigenvalue weighted by molar-refractivity contribution is -0.282. The number of amides is 6. The number of hydrogen-bond acceptors (Lipinski definition) is 26. The lowest BCUT2D eigenvalue weighted by Crippen LogP contribution is -2.64. The molecule has 0 spiro atoms. The van der Waals surface area contributed by atoms with Gasteiger partial charge in [0.2, 0.25) is 35.4 Å². The van der Waals surface area contributed by atoms with Gasteiger partial charge in [-0.2, -0.15) is 0 Å². The molecule has 0 radical (unpaired) electrons. The summed E-state index contributed by atoms with van der Waals surface area (Å²) in [5.74, 6) is -6.83. The molecule has 0 aliphatic carbocycles. The molecule has 1 unspecified atom stereocenters. The van der Waals surface area contributed by atoms with Crippen LogP contribution in [0.15, 0.2) is 18.2 Å². The normalized spacial score (nSPS) is 26.8. The summed E-state index contributed by atoms with van der Waals surface area (Å²) in [6, 6.07) is 2.39. The zero-order chi connectivity index (χ0) is 74.1. The average Bonchev–Trinajstić information content (AvgIpc) is 0.835. The maximum Gasteiger partial charge on any atom is 0.472 e. The summed E-state index contributed by atoms with van der Waals surface area (Å²) >= 11 is 0. The van der Waals surface area contributed by atoms with Crippen molar-refractivity contribution in [2.24, 2.45) is 23.7 Å². The van der Waals surface area contributed by atoms with Gasteiger partial charge < -0.3 is 111 Å². The van der Waals surface area contributed by atoms with Crippen molar-refractivity contribution in [2.75, 3.05) is 59.8 Å². The van der Waals surface area contributed by atoms with Crippen molar-refractivity contribution in [3.63, 3.8) is 0 Å². The van der Waals surface area contributed by atoms with Crippen molar-refractivity contribution in [1.82, 2.24) is 31.9 Å². The highest BCUT2D eigenvalue weighted by Gasteiger charge is 2.46. The van der Waals surface area contributed by atoms with E-state index in [2.05, 4.69) is 36.4 Å². The molecule has 0 aromatic heterocycles. The highest BCUT2D eigenvalue weighted by atomic mass is 31.2. The second-order valence-electron chi connectivity index (χ2n) is 26.0. The molecule has 572 valence electrons. The van der Waals surface area contributed by atoms with Crippen LogP contribution in [0.25, 0.3) is 0 Å². The number of carbonyl (C=O) groups is 8. The fraction of sp³-hybridized carbons (Fsp3) is 0.788. The van der Waals surface area contributed by atoms with Crippen molar-refractivity contribution in [2.45, 2.75) is 249 Å². The molecule has 3 heterocycles. The smallest absolute Gasteiger partial charge is 0.394 e. The molecule has 100 heavy (non-hydrogen) atoms. The van der Waals surface area contributed by atoms with Gasteiger partial charge in [0.15, 0.2) is 24.7 Å². The van der Waals surface area contributed by atoms with Crippen LogP contribution in [0.4, 0.5) is 0 Å². The Kier molecular flexibility index (Phi) is 40.0. The molecule has 1 aromatic rings. The number of nitrogens with one attached hydrogen (secondary N) is 6. The number of unbranched alkanes of at least 4 members (excludes halogenated alkanes) is 4. The second-order valence-corrected chi connectivity index (χ2v) is 27.5. The number of benzene rings is 1. The predicted octanol–water partition coefficient (Wildman–Crippen LogP) is -0.915. The van der Waals surface area contributed by atoms with Gasteiger partial charge in [0, 0.05) is 122 Å². The van der Waals surface area contributed by atoms with Crippen molar-refractivity contribution in [3.05, 3.63) is 34.9 Å². The number of ether oxygens (including phenoxy) is 6. The standard InChI is InChI=1S/C66H111N6O27P/c1-38(17-20-53(80)67-23-10-13-27-94-65-40(3)58(84)60(86)50(35-74)98-65)49(78)32-46(18-21-54(81)68-24-11-14-28-95-66-56(71-42(5)76)62(88)61(87)51(36-75)99-66)63(89)72-47(19-22-55(82)69-25-9-12-26-93-64-39(2)57(83)59(85)41(4)97-64)48(77)15-7-8-16-52(79)70-33-43-29-44(34-73)31-45(30-43)37-96-100(90,91)92-6/h29-31,38-41,46-47,50-51,56-62,64-66,73-75,83-88H,7-28,32-37H2,1-6H3,(H,67,80)(H,68,81)(H,69,82)(H,70,79)(H,71,76)(H,72,89)(H,90,91)/t38-,39+,40+,41+,46+,47-,50+,51+,56+,57+,58+,59-,60-,61-,62+,64+,65+,66+/m0/s1. The van der Waals surface area contributed by atoms with Crippen LogP contribution >= 0.6 is 7.82 Å². The zero-order valence-corrected chi connectivity index (χ0v) is 59.2. The first-order valence-electron chi connectivity index (χ1n) is 34.6. The summed E-state index contributed by atoms with van der Waals surface area (Å²) in [4.78, 5) is 117. The minimum Gasteiger partial charge on any atom is -0.394 e. The second kappa shape index (κ2) is 45.9. The van der Waals surface area contributed by atoms with Crippen LogP contribution in [0, 0.1) is 23.7 Å². The molecule has 16 N–H and O–H groups in total. The molecule has 0 saturated carbocycles. The Morgan fingerprint density at radius 3 is 1.58 bits per heavy atom. The number of Topliss-reactive ketones (excluding diaryl/α,β-unsaturated/α-hetero) is 2. The van der Waals surface area contributed by atoms with Gasteiger partial charge in [-0.15, -0.1) is 0 Å². The number of carbonyl (C=O) groups excluding carboxylic acids is 8. The van der Waals surface area contributed by atoms with Gasteiger partial charge in [-0.25, -0.2) is 4.57 Å². The quantitative estimate of drug-likeness (QED) is 0.0277. The highest BCUT2D eigenvalue weighted by Crippen LogP contribution is 2.43. The summed E-state index contributed by atoms with van der Waals surface area (Å²) in [5, 5.41) is 107. The van der Waals surface area contributed by atoms with Crippen LogP contribution in [-0.4, -0.2) is 244 Å². The van der Waals surface area contributed by atoms with E-state index in [1.807, 2.05) is 0 Å². The molecule has 34 heteroatoms. The van der Waals surface area contributed by atoms with Gasteiger partial charge in [-0.1, -0.05) is 39.0 Å². The van der Waals surface area contributed by atoms with Crippen LogP contribution in [-0.2, 0) is 100 Å². The molecule has 3 aliphatic heterocycles. The number of rotatable bonds is 48. The van der Waals surface area contributed by atoms with Crippen LogP contribution in [0.5, 0.6) is 0 Å². The van der Waals surface area contributed by atoms with Crippen LogP contribution in [0.1, 0.15) is 160 Å². The number of phosphoric acid groups is 1. The first-order valence-corrected chi connectivity index (χ1v) is 36.1. The highest BCUT2D eigenvalue weighted by molar-refractivity contribution is 7.47. The number of aliphatic hydroxyl groups excluding tert-OH is 9. The Morgan fingerprint density at radius 2 is 1.03 bits per heavy atom. The summed E-state index contributed by atoms with van der Waals surface area (Å²) in [5.41, 5.74) is 1.44. The van der Waals surface area contributed by atoms with Gasteiger partial charge >= 0.3 is 7.82 Å². The van der Waals surface area contributed by atoms with E-state index in [1.54, 1.807) is 45.9 Å². The lowest BCUT2D eigenvalue weighted by atomic mass is 9.88. The topological polar surface area (TPSA) is 502 Å². The summed E-state index contributed by atoms with van der Waals surface area (Å²) in [7, 11) is -3.29. The maximum absolute atomic E-state index is 14.5. The Hall–Kier alpha value is -5.11. The third-order valence-corrected chi connectivity index (χ3v) is 18.8. The molecular formula is C66H111N6O27P. The molecule has 3 saturated heterocycles. The molecular weight excluding hydrogens is 1340 g/mol. The third-order valence-electron chi connectivity index (χ3n) is 17.9. The van der Waals surface area contributed by atoms with Crippen LogP contribution < -0.4 is 31.9 Å². The van der Waals surface area contributed by atoms with Crippen molar-refractivity contribution < 1.29 is 131 Å². The largest absolute Gasteiger partial charge is 0.472 e. The predicted molar refractivity (Wildman–Crippen MR) is 354 cm³/mol. The van der Waals surface area contributed by atoms with Gasteiger partial charge in [-0.3, -0.25) is 47.4 Å². The van der Waals surface area contributed by atoms with Gasteiger partial charge in [-0.05, 0) is 94.2 Å². The van der Waals surface area contributed by atoms with Gasteiger partial charge in [0.1, 0.15) is 48.4 Å². The van der Waals surface area contributed by atoms with E-state index < -0.39 is 172 Å². The third kappa shape index (κ3) is 30.7. The van der Waals surface area contributed by atoms with Crippen molar-refractivity contribution >= 4 is 54.8 Å². The van der Waals surface area contributed by atoms with Gasteiger partial charge in [0.05, 0.1) is 50.8 Å². The monoisotopic (exact) mass is 1450 g/mol. The minimum atomic E-state index is -4.31. The molecule has 33 nitrogen and oxygen atoms in total. The molecule has 3 aliphatic rings. The van der Waals surface area contributed by atoms with E-state index in [1.165, 1.54) is 6.92 Å². The van der Waals surface area contributed by atoms with E-state index in [4.69, 9.17) is 32.9 Å². The average molecular weight is 1450 g/mol. The van der Waals surface area contributed by atoms with Crippen molar-refractivity contribution in [1.29, 1.82) is 0 Å². The van der Waals surface area contributed by atoms with E-state index in [0.29, 0.717) is 55.2 Å². The van der Waals surface area contributed by atoms with Crippen LogP contribution in [0.2, 0.25) is 0 Å². The van der Waals surface area contributed by atoms with Gasteiger partial charge in [0.25, 0.3) is 0 Å². The zero-order valence-electron chi connectivity index (χ0n) is 58.3. The lowest BCUT2D eigenvalue weighted by Gasteiger charge is -2.42. The SMILES string of the molecule is COP(=O)(O)OCc1cc(CO)cc(CNC(=O)CCCCC(=O)[C@H](CCC(=O)NCCCCO[C@@H]2O[C@H](C)[C@H](O)[C@H](O)[C@H]2C)NC(=O)[C@H](CCC(=O)NCCCCO[C@@H]2O[C@H](CO)[C@H](O)[C@H](O)[C@H]2NC(C)=O)CC(=O)[C@@H](C)CCC(=O)NCCCCO[C@@H]2O[C@H](CO)[C@H](O)[C@H](O)[C@H]2C)c1. The number of ketones is 2. The van der Waals surface area contributed by atoms with E-state index in [0.717, 1.165) is 7.11 Å². The fourth-order valence-corrected chi connectivity index (χ4v) is 11.9. The Morgan fingerprint density at radius 1 is 0.550 bits per heavy atom. The molecule has 1 aromatic carbocycles. The summed E-state index contributed by atoms with van der Waals surface area (Å²) in [6.07, 6.45) is -11.5. The Balaban J connectivity index is 1.40. The molecule has 3 fully saturated rings. The first kappa shape index (κ1) is 87.3.